The molecule has 0 fully saturated rings. The minimum Gasteiger partial charge on any atom is -0.299 e. The molecule has 4 aromatic rings. The zero-order valence-electron chi connectivity index (χ0n) is 19.0. The number of tetrazole rings is 1. The maximum absolute atomic E-state index is 13.1. The maximum atomic E-state index is 13.1. The van der Waals surface area contributed by atoms with Crippen molar-refractivity contribution in [3.05, 3.63) is 82.8 Å². The molecule has 0 atom stereocenters. The van der Waals surface area contributed by atoms with Crippen LogP contribution < -0.4 is 5.69 Å². The van der Waals surface area contributed by atoms with Gasteiger partial charge in [-0.2, -0.15) is 4.68 Å². The molecule has 0 amide bonds. The lowest BCUT2D eigenvalue weighted by molar-refractivity contribution is 0.502. The molecule has 0 radical (unpaired) electrons. The van der Waals surface area contributed by atoms with Gasteiger partial charge in [-0.15, -0.1) is 5.10 Å². The van der Waals surface area contributed by atoms with Crippen LogP contribution >= 0.6 is 0 Å². The van der Waals surface area contributed by atoms with Gasteiger partial charge in [0.05, 0.1) is 12.2 Å². The van der Waals surface area contributed by atoms with Crippen LogP contribution in [0.1, 0.15) is 44.9 Å². The van der Waals surface area contributed by atoms with E-state index < -0.39 is 0 Å². The molecule has 0 saturated carbocycles. The van der Waals surface area contributed by atoms with Crippen molar-refractivity contribution in [2.24, 2.45) is 5.92 Å². The molecule has 32 heavy (non-hydrogen) atoms. The fourth-order valence-corrected chi connectivity index (χ4v) is 3.93. The Bertz CT molecular complexity index is 1200. The van der Waals surface area contributed by atoms with Gasteiger partial charge in [0.1, 0.15) is 6.33 Å². The van der Waals surface area contributed by atoms with Crippen LogP contribution in [0.4, 0.5) is 0 Å². The molecular weight excluding hydrogens is 400 g/mol. The third-order valence-electron chi connectivity index (χ3n) is 5.69. The van der Waals surface area contributed by atoms with Crippen LogP contribution in [0.5, 0.6) is 0 Å². The molecule has 4 rings (SSSR count). The van der Waals surface area contributed by atoms with Crippen LogP contribution in [0.25, 0.3) is 16.8 Å². The molecule has 0 spiro atoms. The van der Waals surface area contributed by atoms with Gasteiger partial charge in [-0.1, -0.05) is 69.7 Å². The van der Waals surface area contributed by atoms with E-state index in [1.165, 1.54) is 0 Å². The van der Waals surface area contributed by atoms with Crippen molar-refractivity contribution in [1.29, 1.82) is 0 Å². The molecule has 0 aliphatic heterocycles. The summed E-state index contributed by atoms with van der Waals surface area (Å²) in [6.45, 7) is 7.88. The summed E-state index contributed by atoms with van der Waals surface area (Å²) in [5.41, 5.74) is 5.35. The minimum atomic E-state index is 0.0854. The Kier molecular flexibility index (Phi) is 6.63. The summed E-state index contributed by atoms with van der Waals surface area (Å²) in [7, 11) is 0. The van der Waals surface area contributed by atoms with Gasteiger partial charge in [0.25, 0.3) is 0 Å². The SMILES string of the molecule is CCCc1cn(CCC(C)C)c(=O)n1Cc1ccc(-c2ccccc2-n2cnnn2)cc1. The summed E-state index contributed by atoms with van der Waals surface area (Å²) >= 11 is 0. The predicted molar refractivity (Wildman–Crippen MR) is 126 cm³/mol. The number of hydrogen-bond acceptors (Lipinski definition) is 4. The van der Waals surface area contributed by atoms with Crippen molar-refractivity contribution in [3.8, 4) is 16.8 Å². The Balaban J connectivity index is 1.60. The fraction of sp³-hybridized carbons (Fsp3) is 0.360. The molecule has 2 heterocycles. The number of rotatable bonds is 9. The second-order valence-corrected chi connectivity index (χ2v) is 8.58. The van der Waals surface area contributed by atoms with Gasteiger partial charge in [-0.05, 0) is 46.4 Å². The van der Waals surface area contributed by atoms with E-state index in [9.17, 15) is 4.79 Å². The van der Waals surface area contributed by atoms with E-state index in [1.54, 1.807) is 11.0 Å². The summed E-state index contributed by atoms with van der Waals surface area (Å²) in [6.07, 6.45) is 6.57. The van der Waals surface area contributed by atoms with Gasteiger partial charge in [-0.3, -0.25) is 9.13 Å². The maximum Gasteiger partial charge on any atom is 0.328 e. The number of aromatic nitrogens is 6. The second kappa shape index (κ2) is 9.77. The standard InChI is InChI=1S/C25H30N6O/c1-4-7-22-17-29(15-14-19(2)3)25(32)30(22)16-20-10-12-21(13-11-20)23-8-5-6-9-24(23)31-18-26-27-28-31/h5-6,8-13,17-19H,4,7,14-16H2,1-3H3. The van der Waals surface area contributed by atoms with Gasteiger partial charge in [-0.25, -0.2) is 4.79 Å². The third kappa shape index (κ3) is 4.72. The highest BCUT2D eigenvalue weighted by atomic mass is 16.1. The van der Waals surface area contributed by atoms with Crippen molar-refractivity contribution in [3.63, 3.8) is 0 Å². The molecule has 0 aliphatic rings. The Labute approximate surface area is 188 Å². The van der Waals surface area contributed by atoms with Gasteiger partial charge in [0.15, 0.2) is 0 Å². The smallest absolute Gasteiger partial charge is 0.299 e. The highest BCUT2D eigenvalue weighted by Crippen LogP contribution is 2.26. The van der Waals surface area contributed by atoms with Crippen molar-refractivity contribution in [1.82, 2.24) is 29.3 Å². The van der Waals surface area contributed by atoms with Crippen LogP contribution in [0.15, 0.2) is 65.8 Å². The first-order valence-corrected chi connectivity index (χ1v) is 11.3. The van der Waals surface area contributed by atoms with Crippen LogP contribution in [-0.2, 0) is 19.5 Å². The van der Waals surface area contributed by atoms with Crippen molar-refractivity contribution in [2.75, 3.05) is 0 Å². The largest absolute Gasteiger partial charge is 0.328 e. The molecular formula is C25H30N6O. The molecule has 7 nitrogen and oxygen atoms in total. The first-order valence-electron chi connectivity index (χ1n) is 11.3. The molecule has 166 valence electrons. The number of nitrogens with zero attached hydrogens (tertiary/aromatic N) is 6. The van der Waals surface area contributed by atoms with Crippen LogP contribution in [0, 0.1) is 5.92 Å². The zero-order chi connectivity index (χ0) is 22.5. The summed E-state index contributed by atoms with van der Waals surface area (Å²) in [4.78, 5) is 13.1. The summed E-state index contributed by atoms with van der Waals surface area (Å²) < 4.78 is 5.47. The Morgan fingerprint density at radius 3 is 2.50 bits per heavy atom. The molecule has 7 heteroatoms. The van der Waals surface area contributed by atoms with Gasteiger partial charge in [0.2, 0.25) is 0 Å². The molecule has 0 bridgehead atoms. The van der Waals surface area contributed by atoms with Crippen LogP contribution in [0.3, 0.4) is 0 Å². The van der Waals surface area contributed by atoms with E-state index >= 15 is 0 Å². The Morgan fingerprint density at radius 1 is 1.03 bits per heavy atom. The Hall–Kier alpha value is -3.48. The van der Waals surface area contributed by atoms with Crippen molar-refractivity contribution < 1.29 is 0 Å². The monoisotopic (exact) mass is 430 g/mol. The van der Waals surface area contributed by atoms with Gasteiger partial charge >= 0.3 is 5.69 Å². The normalized spacial score (nSPS) is 11.4. The third-order valence-corrected chi connectivity index (χ3v) is 5.69. The van der Waals surface area contributed by atoms with E-state index in [4.69, 9.17) is 0 Å². The lowest BCUT2D eigenvalue weighted by atomic mass is 10.0. The van der Waals surface area contributed by atoms with Crippen molar-refractivity contribution >= 4 is 0 Å². The summed E-state index contributed by atoms with van der Waals surface area (Å²) in [5.74, 6) is 0.573. The van der Waals surface area contributed by atoms with Gasteiger partial charge in [0, 0.05) is 24.0 Å². The predicted octanol–water partition coefficient (Wildman–Crippen LogP) is 4.34. The number of hydrogen-bond donors (Lipinski definition) is 0. The van der Waals surface area contributed by atoms with Crippen LogP contribution in [-0.4, -0.2) is 29.3 Å². The quantitative estimate of drug-likeness (QED) is 0.396. The minimum absolute atomic E-state index is 0.0854. The average molecular weight is 431 g/mol. The zero-order valence-corrected chi connectivity index (χ0v) is 19.0. The molecule has 0 N–H and O–H groups in total. The molecule has 0 saturated heterocycles. The number of aryl methyl sites for hydroxylation is 2. The topological polar surface area (TPSA) is 70.5 Å². The van der Waals surface area contributed by atoms with E-state index in [0.29, 0.717) is 12.5 Å². The first kappa shape index (κ1) is 21.7. The molecule has 2 aromatic heterocycles. The lowest BCUT2D eigenvalue weighted by Crippen LogP contribution is -2.26. The number of benzene rings is 2. The summed E-state index contributed by atoms with van der Waals surface area (Å²) in [5, 5.41) is 11.5. The van der Waals surface area contributed by atoms with Crippen LogP contribution in [0.2, 0.25) is 0 Å². The van der Waals surface area contributed by atoms with E-state index in [-0.39, 0.29) is 5.69 Å². The average Bonchev–Trinajstić information content (AvgIpc) is 3.43. The van der Waals surface area contributed by atoms with Crippen molar-refractivity contribution in [2.45, 2.75) is 53.1 Å². The lowest BCUT2D eigenvalue weighted by Gasteiger charge is -2.11. The number of imidazole rings is 1. The summed E-state index contributed by atoms with van der Waals surface area (Å²) in [6, 6.07) is 16.4. The highest BCUT2D eigenvalue weighted by Gasteiger charge is 2.13. The van der Waals surface area contributed by atoms with E-state index in [2.05, 4.69) is 66.6 Å². The fourth-order valence-electron chi connectivity index (χ4n) is 3.93. The highest BCUT2D eigenvalue weighted by molar-refractivity contribution is 5.72. The second-order valence-electron chi connectivity index (χ2n) is 8.58. The molecule has 0 aliphatic carbocycles. The van der Waals surface area contributed by atoms with E-state index in [1.807, 2.05) is 33.5 Å². The van der Waals surface area contributed by atoms with E-state index in [0.717, 1.165) is 53.9 Å². The van der Waals surface area contributed by atoms with Gasteiger partial charge < -0.3 is 0 Å². The Morgan fingerprint density at radius 2 is 1.81 bits per heavy atom. The molecule has 0 unspecified atom stereocenters. The molecule has 2 aromatic carbocycles. The first-order chi connectivity index (χ1) is 15.6. The number of para-hydroxylation sites is 1.